The number of halogens is 2. The molecule has 0 aliphatic heterocycles. The fraction of sp³-hybridized carbons (Fsp3) is 0.455. The molecule has 5 nitrogen and oxygen atoms in total. The molecule has 0 aliphatic carbocycles. The predicted octanol–water partition coefficient (Wildman–Crippen LogP) is 1.78. The molecular weight excluding hydrogens is 246 g/mol. The lowest BCUT2D eigenvalue weighted by Gasteiger charge is -2.08. The Balaban J connectivity index is 2.39. The number of ether oxygens (including phenoxy) is 1. The van der Waals surface area contributed by atoms with E-state index in [1.54, 1.807) is 6.92 Å². The van der Waals surface area contributed by atoms with Gasteiger partial charge < -0.3 is 15.2 Å². The second-order valence-electron chi connectivity index (χ2n) is 3.53. The minimum atomic E-state index is -2.47. The molecule has 0 saturated carbocycles. The maximum atomic E-state index is 11.7. The molecule has 7 heteroatoms. The summed E-state index contributed by atoms with van der Waals surface area (Å²) in [4.78, 5) is 14.8. The van der Waals surface area contributed by atoms with Gasteiger partial charge in [0.25, 0.3) is 6.43 Å². The maximum absolute atomic E-state index is 11.7. The van der Waals surface area contributed by atoms with Gasteiger partial charge in [-0.05, 0) is 19.1 Å². The van der Waals surface area contributed by atoms with Crippen molar-refractivity contribution >= 4 is 11.8 Å². The molecule has 0 radical (unpaired) electrons. The summed E-state index contributed by atoms with van der Waals surface area (Å²) in [6.45, 7) is 1.45. The Labute approximate surface area is 103 Å². The van der Waals surface area contributed by atoms with Gasteiger partial charge in [-0.1, -0.05) is 0 Å². The molecule has 0 atom stereocenters. The molecule has 0 fully saturated rings. The van der Waals surface area contributed by atoms with E-state index in [9.17, 15) is 13.6 Å². The van der Waals surface area contributed by atoms with E-state index in [2.05, 4.69) is 15.0 Å². The summed E-state index contributed by atoms with van der Waals surface area (Å²) in [6, 6.07) is 2.95. The molecule has 1 aromatic rings. The number of aromatic nitrogens is 1. The molecule has 0 amide bonds. The van der Waals surface area contributed by atoms with E-state index in [0.29, 0.717) is 18.1 Å². The number of carbonyl (C=O) groups is 1. The van der Waals surface area contributed by atoms with E-state index >= 15 is 0 Å². The van der Waals surface area contributed by atoms with E-state index in [4.69, 9.17) is 5.11 Å². The molecule has 1 heterocycles. The third-order valence-corrected chi connectivity index (χ3v) is 2.11. The van der Waals surface area contributed by atoms with Gasteiger partial charge in [0.05, 0.1) is 17.9 Å². The molecule has 18 heavy (non-hydrogen) atoms. The molecule has 0 saturated heterocycles. The van der Waals surface area contributed by atoms with Crippen molar-refractivity contribution < 1.29 is 23.4 Å². The zero-order chi connectivity index (χ0) is 13.5. The number of nitrogens with one attached hydrogen (secondary N) is 1. The summed E-state index contributed by atoms with van der Waals surface area (Å²) in [6.07, 6.45) is -2.47. The van der Waals surface area contributed by atoms with Crippen LogP contribution in [0.5, 0.6) is 0 Å². The standard InChI is InChI=1S/C11H14F2N2O3/c1-7-8(11(16)17)2-3-10(15-7)14-4-5-18-6-9(12)13/h2-3,9H,4-6H2,1H3,(H,14,15)(H,16,17). The van der Waals surface area contributed by atoms with Crippen molar-refractivity contribution in [1.29, 1.82) is 0 Å². The number of aryl methyl sites for hydroxylation is 1. The number of anilines is 1. The fourth-order valence-corrected chi connectivity index (χ4v) is 1.31. The summed E-state index contributed by atoms with van der Waals surface area (Å²) in [7, 11) is 0. The number of hydrogen-bond acceptors (Lipinski definition) is 4. The minimum Gasteiger partial charge on any atom is -0.478 e. The van der Waals surface area contributed by atoms with E-state index in [1.807, 2.05) is 0 Å². The van der Waals surface area contributed by atoms with Crippen LogP contribution in [0.2, 0.25) is 0 Å². The van der Waals surface area contributed by atoms with Gasteiger partial charge in [-0.3, -0.25) is 0 Å². The number of alkyl halides is 2. The number of nitrogens with zero attached hydrogens (tertiary/aromatic N) is 1. The van der Waals surface area contributed by atoms with Crippen molar-refractivity contribution in [2.45, 2.75) is 13.3 Å². The van der Waals surface area contributed by atoms with Gasteiger partial charge >= 0.3 is 5.97 Å². The third-order valence-electron chi connectivity index (χ3n) is 2.11. The Bertz CT molecular complexity index is 413. The van der Waals surface area contributed by atoms with E-state index in [-0.39, 0.29) is 12.2 Å². The summed E-state index contributed by atoms with van der Waals surface area (Å²) >= 11 is 0. The smallest absolute Gasteiger partial charge is 0.337 e. The average molecular weight is 260 g/mol. The Morgan fingerprint density at radius 1 is 1.56 bits per heavy atom. The lowest BCUT2D eigenvalue weighted by atomic mass is 10.2. The van der Waals surface area contributed by atoms with Crippen LogP contribution in [0.25, 0.3) is 0 Å². The largest absolute Gasteiger partial charge is 0.478 e. The van der Waals surface area contributed by atoms with Gasteiger partial charge in [0, 0.05) is 6.54 Å². The van der Waals surface area contributed by atoms with Crippen molar-refractivity contribution in [2.75, 3.05) is 25.1 Å². The van der Waals surface area contributed by atoms with Crippen LogP contribution in [0.1, 0.15) is 16.1 Å². The molecular formula is C11H14F2N2O3. The van der Waals surface area contributed by atoms with Gasteiger partial charge in [-0.15, -0.1) is 0 Å². The van der Waals surface area contributed by atoms with Crippen LogP contribution in [0, 0.1) is 6.92 Å². The number of rotatable bonds is 7. The number of carboxylic acids is 1. The monoisotopic (exact) mass is 260 g/mol. The molecule has 0 aromatic carbocycles. The van der Waals surface area contributed by atoms with E-state index < -0.39 is 19.0 Å². The first-order valence-corrected chi connectivity index (χ1v) is 5.31. The van der Waals surface area contributed by atoms with Crippen LogP contribution in [0.4, 0.5) is 14.6 Å². The topological polar surface area (TPSA) is 71.5 Å². The number of aromatic carboxylic acids is 1. The highest BCUT2D eigenvalue weighted by atomic mass is 19.3. The van der Waals surface area contributed by atoms with Gasteiger partial charge in [0.15, 0.2) is 0 Å². The van der Waals surface area contributed by atoms with Gasteiger partial charge in [-0.2, -0.15) is 0 Å². The lowest BCUT2D eigenvalue weighted by Crippen LogP contribution is -2.14. The summed E-state index contributed by atoms with van der Waals surface area (Å²) < 4.78 is 28.2. The maximum Gasteiger partial charge on any atom is 0.337 e. The predicted molar refractivity (Wildman–Crippen MR) is 61.2 cm³/mol. The molecule has 2 N–H and O–H groups in total. The van der Waals surface area contributed by atoms with E-state index in [0.717, 1.165) is 0 Å². The Kier molecular flexibility index (Phi) is 5.44. The van der Waals surface area contributed by atoms with Crippen molar-refractivity contribution in [1.82, 2.24) is 4.98 Å². The first-order valence-electron chi connectivity index (χ1n) is 5.31. The molecule has 0 aliphatic rings. The van der Waals surface area contributed by atoms with Gasteiger partial charge in [0.2, 0.25) is 0 Å². The van der Waals surface area contributed by atoms with Crippen molar-refractivity contribution in [3.63, 3.8) is 0 Å². The Hall–Kier alpha value is -1.76. The number of pyridine rings is 1. The van der Waals surface area contributed by atoms with Crippen LogP contribution in [-0.4, -0.2) is 42.2 Å². The lowest BCUT2D eigenvalue weighted by molar-refractivity contribution is 0.0215. The van der Waals surface area contributed by atoms with Crippen LogP contribution >= 0.6 is 0 Å². The highest BCUT2D eigenvalue weighted by Gasteiger charge is 2.08. The first kappa shape index (κ1) is 14.3. The quantitative estimate of drug-likeness (QED) is 0.731. The van der Waals surface area contributed by atoms with E-state index in [1.165, 1.54) is 12.1 Å². The van der Waals surface area contributed by atoms with Crippen LogP contribution < -0.4 is 5.32 Å². The summed E-state index contributed by atoms with van der Waals surface area (Å²) in [5.41, 5.74) is 0.524. The molecule has 100 valence electrons. The first-order chi connectivity index (χ1) is 8.50. The SMILES string of the molecule is Cc1nc(NCCOCC(F)F)ccc1C(=O)O. The average Bonchev–Trinajstić information content (AvgIpc) is 2.27. The molecule has 1 aromatic heterocycles. The van der Waals surface area contributed by atoms with Crippen molar-refractivity contribution in [3.05, 3.63) is 23.4 Å². The van der Waals surface area contributed by atoms with Gasteiger partial charge in [0.1, 0.15) is 12.4 Å². The molecule has 1 rings (SSSR count). The minimum absolute atomic E-state index is 0.131. The molecule has 0 unspecified atom stereocenters. The number of hydrogen-bond donors (Lipinski definition) is 2. The highest BCUT2D eigenvalue weighted by Crippen LogP contribution is 2.10. The fourth-order valence-electron chi connectivity index (χ4n) is 1.31. The Morgan fingerprint density at radius 3 is 2.83 bits per heavy atom. The Morgan fingerprint density at radius 2 is 2.28 bits per heavy atom. The second kappa shape index (κ2) is 6.85. The summed E-state index contributed by atoms with van der Waals surface area (Å²) in [5, 5.41) is 11.7. The van der Waals surface area contributed by atoms with Gasteiger partial charge in [-0.25, -0.2) is 18.6 Å². The summed E-state index contributed by atoms with van der Waals surface area (Å²) in [5.74, 6) is -0.551. The highest BCUT2D eigenvalue weighted by molar-refractivity contribution is 5.89. The zero-order valence-corrected chi connectivity index (χ0v) is 9.82. The van der Waals surface area contributed by atoms with Crippen LogP contribution in [0.3, 0.4) is 0 Å². The third kappa shape index (κ3) is 4.62. The zero-order valence-electron chi connectivity index (χ0n) is 9.82. The molecule has 0 spiro atoms. The second-order valence-corrected chi connectivity index (χ2v) is 3.53. The van der Waals surface area contributed by atoms with Crippen molar-refractivity contribution in [3.8, 4) is 0 Å². The van der Waals surface area contributed by atoms with Crippen LogP contribution in [-0.2, 0) is 4.74 Å². The van der Waals surface area contributed by atoms with Crippen molar-refractivity contribution in [2.24, 2.45) is 0 Å². The van der Waals surface area contributed by atoms with Crippen LogP contribution in [0.15, 0.2) is 12.1 Å². The number of carboxylic acid groups (broad SMARTS) is 1. The molecule has 0 bridgehead atoms. The normalized spacial score (nSPS) is 10.7.